The zero-order valence-corrected chi connectivity index (χ0v) is 18.5. The number of rotatable bonds is 5. The van der Waals surface area contributed by atoms with E-state index in [1.165, 1.54) is 17.4 Å². The molecule has 1 saturated carbocycles. The Balaban J connectivity index is 1.67. The molecule has 6 nitrogen and oxygen atoms in total. The molecule has 4 unspecified atom stereocenters. The molecule has 3 fully saturated rings. The van der Waals surface area contributed by atoms with Crippen molar-refractivity contribution in [3.63, 3.8) is 0 Å². The Kier molecular flexibility index (Phi) is 4.56. The van der Waals surface area contributed by atoms with Gasteiger partial charge >= 0.3 is 5.97 Å². The first-order valence-corrected chi connectivity index (χ1v) is 11.0. The first-order chi connectivity index (χ1) is 14.9. The molecule has 0 radical (unpaired) electrons. The van der Waals surface area contributed by atoms with Gasteiger partial charge in [-0.2, -0.15) is 0 Å². The molecule has 4 aliphatic rings. The molecule has 2 aliphatic carbocycles. The summed E-state index contributed by atoms with van der Waals surface area (Å²) in [4.78, 5) is 29.6. The van der Waals surface area contributed by atoms with E-state index in [9.17, 15) is 9.59 Å². The highest BCUT2D eigenvalue weighted by Crippen LogP contribution is 2.66. The summed E-state index contributed by atoms with van der Waals surface area (Å²) in [5.41, 5.74) is 0.993. The number of carbonyl (C=O) groups is 2. The third kappa shape index (κ3) is 2.54. The predicted molar refractivity (Wildman–Crippen MR) is 114 cm³/mol. The van der Waals surface area contributed by atoms with E-state index in [0.717, 1.165) is 12.2 Å². The molecule has 0 spiro atoms. The van der Waals surface area contributed by atoms with Gasteiger partial charge in [0.2, 0.25) is 5.78 Å². The van der Waals surface area contributed by atoms with Crippen LogP contribution in [0.5, 0.6) is 5.75 Å². The number of piperidine rings is 2. The Hall–Kier alpha value is -2.60. The zero-order chi connectivity index (χ0) is 22.0. The monoisotopic (exact) mass is 423 g/mol. The molecule has 6 rings (SSSR count). The number of fused-ring (bicyclic) bond motifs is 2. The van der Waals surface area contributed by atoms with E-state index in [1.807, 2.05) is 12.1 Å². The fourth-order valence-corrected chi connectivity index (χ4v) is 6.88. The van der Waals surface area contributed by atoms with Crippen molar-refractivity contribution in [2.75, 3.05) is 20.8 Å². The molecular formula is C25H29NO5. The largest absolute Gasteiger partial charge is 0.496 e. The highest BCUT2D eigenvalue weighted by atomic mass is 16.5. The lowest BCUT2D eigenvalue weighted by atomic mass is 9.44. The van der Waals surface area contributed by atoms with Gasteiger partial charge in [0.1, 0.15) is 11.2 Å². The molecule has 1 aromatic carbocycles. The summed E-state index contributed by atoms with van der Waals surface area (Å²) >= 11 is 0. The Morgan fingerprint density at radius 1 is 1.23 bits per heavy atom. The number of Topliss-reactive ketones (excluding diaryl/α,β-unsaturated/α-hetero) is 1. The zero-order valence-electron chi connectivity index (χ0n) is 18.5. The van der Waals surface area contributed by atoms with Crippen molar-refractivity contribution >= 4 is 11.8 Å². The Labute approximate surface area is 182 Å². The van der Waals surface area contributed by atoms with Crippen LogP contribution in [0.3, 0.4) is 0 Å². The van der Waals surface area contributed by atoms with Gasteiger partial charge in [0.05, 0.1) is 20.0 Å². The van der Waals surface area contributed by atoms with Crippen molar-refractivity contribution in [3.05, 3.63) is 53.5 Å². The van der Waals surface area contributed by atoms with E-state index in [1.54, 1.807) is 26.2 Å². The van der Waals surface area contributed by atoms with E-state index in [2.05, 4.69) is 24.9 Å². The minimum atomic E-state index is -1.27. The minimum Gasteiger partial charge on any atom is -0.496 e. The van der Waals surface area contributed by atoms with E-state index in [0.29, 0.717) is 12.8 Å². The van der Waals surface area contributed by atoms with Gasteiger partial charge in [-0.15, -0.1) is 0 Å². The van der Waals surface area contributed by atoms with Crippen LogP contribution in [0, 0.1) is 10.8 Å². The fourth-order valence-electron chi connectivity index (χ4n) is 6.88. The number of nitrogens with zero attached hydrogens (tertiary/aromatic N) is 1. The average molecular weight is 424 g/mol. The maximum atomic E-state index is 13.8. The van der Waals surface area contributed by atoms with Gasteiger partial charge in [-0.3, -0.25) is 14.5 Å². The van der Waals surface area contributed by atoms with Gasteiger partial charge in [-0.25, -0.2) is 0 Å². The van der Waals surface area contributed by atoms with Gasteiger partial charge in [0, 0.05) is 17.6 Å². The molecule has 2 aliphatic heterocycles. The number of ether oxygens (including phenoxy) is 2. The van der Waals surface area contributed by atoms with Crippen LogP contribution in [0.1, 0.15) is 54.3 Å². The number of carbonyl (C=O) groups excluding carboxylic acids is 2. The smallest absolute Gasteiger partial charge is 0.321 e. The molecular weight excluding hydrogens is 394 g/mol. The molecule has 6 heteroatoms. The number of esters is 1. The van der Waals surface area contributed by atoms with Gasteiger partial charge in [0.15, 0.2) is 5.76 Å². The maximum Gasteiger partial charge on any atom is 0.321 e. The molecule has 4 bridgehead atoms. The second-order valence-electron chi connectivity index (χ2n) is 9.40. The molecule has 0 amide bonds. The highest BCUT2D eigenvalue weighted by Gasteiger charge is 2.71. The first kappa shape index (κ1) is 20.3. The molecule has 3 heterocycles. The lowest BCUT2D eigenvalue weighted by molar-refractivity contribution is -0.183. The summed E-state index contributed by atoms with van der Waals surface area (Å²) in [5, 5.41) is 0. The van der Waals surface area contributed by atoms with Gasteiger partial charge in [-0.1, -0.05) is 19.1 Å². The molecule has 1 aromatic heterocycles. The lowest BCUT2D eigenvalue weighted by Crippen LogP contribution is -2.74. The van der Waals surface area contributed by atoms with Crippen LogP contribution in [-0.2, 0) is 16.0 Å². The number of methoxy groups -OCH3 is 1. The summed E-state index contributed by atoms with van der Waals surface area (Å²) in [6.45, 7) is 4.25. The first-order valence-electron chi connectivity index (χ1n) is 11.0. The third-order valence-electron chi connectivity index (χ3n) is 8.16. The SMILES string of the molecule is CCOC(=O)C1(C(=O)c2ccco2)C[C@@]2(C)C3CC1N(C)C2Cc1cccc(OC)c13. The molecule has 0 N–H and O–H groups in total. The number of ketones is 1. The van der Waals surface area contributed by atoms with Crippen LogP contribution in [0.25, 0.3) is 0 Å². The van der Waals surface area contributed by atoms with Crippen molar-refractivity contribution in [2.24, 2.45) is 10.8 Å². The topological polar surface area (TPSA) is 69.0 Å². The van der Waals surface area contributed by atoms with E-state index < -0.39 is 11.4 Å². The third-order valence-corrected chi connectivity index (χ3v) is 8.16. The highest BCUT2D eigenvalue weighted by molar-refractivity contribution is 6.12. The number of furan rings is 1. The molecule has 31 heavy (non-hydrogen) atoms. The molecule has 2 aromatic rings. The number of hydrogen-bond donors (Lipinski definition) is 0. The second-order valence-corrected chi connectivity index (χ2v) is 9.40. The van der Waals surface area contributed by atoms with E-state index >= 15 is 0 Å². The van der Waals surface area contributed by atoms with Crippen molar-refractivity contribution < 1.29 is 23.5 Å². The van der Waals surface area contributed by atoms with E-state index in [-0.39, 0.29) is 41.6 Å². The Bertz CT molecular complexity index is 1030. The Morgan fingerprint density at radius 2 is 2.03 bits per heavy atom. The molecule has 164 valence electrons. The summed E-state index contributed by atoms with van der Waals surface area (Å²) < 4.78 is 16.7. The van der Waals surface area contributed by atoms with Gasteiger partial charge in [0.25, 0.3) is 0 Å². The maximum absolute atomic E-state index is 13.8. The van der Waals surface area contributed by atoms with Crippen LogP contribution in [0.4, 0.5) is 0 Å². The van der Waals surface area contributed by atoms with Gasteiger partial charge < -0.3 is 13.9 Å². The number of benzene rings is 1. The summed E-state index contributed by atoms with van der Waals surface area (Å²) in [6.07, 6.45) is 3.50. The average Bonchev–Trinajstić information content (AvgIpc) is 3.29. The minimum absolute atomic E-state index is 0.213. The summed E-state index contributed by atoms with van der Waals surface area (Å²) in [7, 11) is 3.76. The standard InChI is InChI=1S/C25H29NO5/c1-5-30-23(28)25(22(27)18-10-7-11-31-18)14-24(2)16-13-20(25)26(3)19(24)12-15-8-6-9-17(29-4)21(15)16/h6-11,16,19-20H,5,12-14H2,1-4H3/t16?,19?,20?,24-,25?/m0/s1. The van der Waals surface area contributed by atoms with Gasteiger partial charge in [-0.05, 0) is 68.3 Å². The quantitative estimate of drug-likeness (QED) is 0.413. The van der Waals surface area contributed by atoms with Crippen LogP contribution in [0.15, 0.2) is 41.0 Å². The second kappa shape index (κ2) is 6.95. The van der Waals surface area contributed by atoms with Crippen LogP contribution >= 0.6 is 0 Å². The van der Waals surface area contributed by atoms with Crippen LogP contribution in [0.2, 0.25) is 0 Å². The number of hydrogen-bond acceptors (Lipinski definition) is 6. The van der Waals surface area contributed by atoms with Crippen LogP contribution in [-0.4, -0.2) is 49.5 Å². The van der Waals surface area contributed by atoms with Crippen molar-refractivity contribution in [1.29, 1.82) is 0 Å². The van der Waals surface area contributed by atoms with Crippen molar-refractivity contribution in [3.8, 4) is 5.75 Å². The fraction of sp³-hybridized carbons (Fsp3) is 0.520. The summed E-state index contributed by atoms with van der Waals surface area (Å²) in [5.74, 6) is 0.636. The summed E-state index contributed by atoms with van der Waals surface area (Å²) in [6, 6.07) is 9.55. The predicted octanol–water partition coefficient (Wildman–Crippen LogP) is 3.84. The number of likely N-dealkylation sites (N-methyl/N-ethyl adjacent to an activating group) is 1. The van der Waals surface area contributed by atoms with Crippen molar-refractivity contribution in [1.82, 2.24) is 4.90 Å². The van der Waals surface area contributed by atoms with Crippen LogP contribution < -0.4 is 4.74 Å². The van der Waals surface area contributed by atoms with Crippen molar-refractivity contribution in [2.45, 2.75) is 51.1 Å². The Morgan fingerprint density at radius 3 is 2.71 bits per heavy atom. The normalized spacial score (nSPS) is 33.6. The molecule has 2 saturated heterocycles. The molecule has 5 atom stereocenters. The lowest BCUT2D eigenvalue weighted by Gasteiger charge is -2.67. The van der Waals surface area contributed by atoms with E-state index in [4.69, 9.17) is 13.9 Å².